The van der Waals surface area contributed by atoms with Gasteiger partial charge in [0.1, 0.15) is 0 Å². The molecule has 5 heteroatoms. The van der Waals surface area contributed by atoms with E-state index in [9.17, 15) is 4.79 Å². The molecule has 0 unspecified atom stereocenters. The predicted molar refractivity (Wildman–Crippen MR) is 73.4 cm³/mol. The van der Waals surface area contributed by atoms with Crippen molar-refractivity contribution in [3.63, 3.8) is 0 Å². The summed E-state index contributed by atoms with van der Waals surface area (Å²) in [5.74, 6) is -0.223. The fourth-order valence-corrected chi connectivity index (χ4v) is 2.04. The van der Waals surface area contributed by atoms with E-state index in [2.05, 4.69) is 10.3 Å². The highest BCUT2D eigenvalue weighted by Gasteiger charge is 2.07. The summed E-state index contributed by atoms with van der Waals surface area (Å²) < 4.78 is 0. The number of aromatic nitrogens is 1. The average molecular weight is 281 g/mol. The Labute approximate surface area is 115 Å². The van der Waals surface area contributed by atoms with Gasteiger partial charge in [0.25, 0.3) is 5.91 Å². The molecule has 0 aliphatic heterocycles. The lowest BCUT2D eigenvalue weighted by Gasteiger charge is -2.06. The number of benzene rings is 1. The number of amides is 1. The van der Waals surface area contributed by atoms with Crippen LogP contribution >= 0.6 is 23.2 Å². The fourth-order valence-electron chi connectivity index (χ4n) is 1.52. The van der Waals surface area contributed by atoms with Crippen molar-refractivity contribution in [1.82, 2.24) is 4.98 Å². The smallest absolute Gasteiger partial charge is 0.255 e. The molecule has 1 aromatic carbocycles. The van der Waals surface area contributed by atoms with E-state index in [1.807, 2.05) is 6.92 Å². The lowest BCUT2D eigenvalue weighted by atomic mass is 10.2. The minimum Gasteiger partial charge on any atom is -0.322 e. The van der Waals surface area contributed by atoms with Crippen molar-refractivity contribution in [2.75, 3.05) is 5.32 Å². The Morgan fingerprint density at radius 1 is 1.17 bits per heavy atom. The van der Waals surface area contributed by atoms with Crippen LogP contribution in [0.1, 0.15) is 16.1 Å². The molecule has 2 rings (SSSR count). The normalized spacial score (nSPS) is 10.2. The Kier molecular flexibility index (Phi) is 3.84. The largest absolute Gasteiger partial charge is 0.322 e. The number of nitrogens with zero attached hydrogens (tertiary/aromatic N) is 1. The van der Waals surface area contributed by atoms with E-state index in [4.69, 9.17) is 23.2 Å². The van der Waals surface area contributed by atoms with E-state index in [-0.39, 0.29) is 5.91 Å². The third-order valence-electron chi connectivity index (χ3n) is 2.28. The first-order valence-electron chi connectivity index (χ1n) is 5.25. The van der Waals surface area contributed by atoms with E-state index >= 15 is 0 Å². The average Bonchev–Trinajstić information content (AvgIpc) is 2.27. The zero-order valence-electron chi connectivity index (χ0n) is 9.58. The monoisotopic (exact) mass is 280 g/mol. The molecule has 1 amide bonds. The maximum Gasteiger partial charge on any atom is 0.255 e. The van der Waals surface area contributed by atoms with Crippen LogP contribution in [-0.2, 0) is 0 Å². The molecule has 0 saturated heterocycles. The van der Waals surface area contributed by atoms with Crippen molar-refractivity contribution in [2.24, 2.45) is 0 Å². The lowest BCUT2D eigenvalue weighted by Crippen LogP contribution is -2.12. The van der Waals surface area contributed by atoms with Gasteiger partial charge in [-0.25, -0.2) is 0 Å². The van der Waals surface area contributed by atoms with Gasteiger partial charge < -0.3 is 5.32 Å². The molecule has 0 aliphatic rings. The van der Waals surface area contributed by atoms with Gasteiger partial charge in [0, 0.05) is 33.2 Å². The SMILES string of the molecule is Cc1cc(C(=O)Nc2cc(Cl)cc(Cl)c2)ccn1. The molecule has 0 saturated carbocycles. The standard InChI is InChI=1S/C13H10Cl2N2O/c1-8-4-9(2-3-16-8)13(18)17-12-6-10(14)5-11(15)7-12/h2-7H,1H3,(H,17,18). The molecule has 0 spiro atoms. The highest BCUT2D eigenvalue weighted by atomic mass is 35.5. The van der Waals surface area contributed by atoms with Crippen LogP contribution < -0.4 is 5.32 Å². The Balaban J connectivity index is 2.21. The predicted octanol–water partition coefficient (Wildman–Crippen LogP) is 3.95. The van der Waals surface area contributed by atoms with E-state index in [1.54, 1.807) is 36.5 Å². The summed E-state index contributed by atoms with van der Waals surface area (Å²) in [5, 5.41) is 3.68. The summed E-state index contributed by atoms with van der Waals surface area (Å²) in [4.78, 5) is 16.0. The summed E-state index contributed by atoms with van der Waals surface area (Å²) in [6.45, 7) is 1.83. The van der Waals surface area contributed by atoms with E-state index in [1.165, 1.54) is 0 Å². The summed E-state index contributed by atoms with van der Waals surface area (Å²) in [5.41, 5.74) is 1.89. The summed E-state index contributed by atoms with van der Waals surface area (Å²) in [6, 6.07) is 8.24. The maximum absolute atomic E-state index is 12.0. The second-order valence-electron chi connectivity index (χ2n) is 3.80. The van der Waals surface area contributed by atoms with Crippen molar-refractivity contribution in [3.8, 4) is 0 Å². The molecule has 92 valence electrons. The third kappa shape index (κ3) is 3.22. The van der Waals surface area contributed by atoms with Crippen molar-refractivity contribution in [3.05, 3.63) is 57.8 Å². The van der Waals surface area contributed by atoms with Gasteiger partial charge in [-0.05, 0) is 37.3 Å². The van der Waals surface area contributed by atoms with Crippen LogP contribution in [0.25, 0.3) is 0 Å². The van der Waals surface area contributed by atoms with Gasteiger partial charge in [-0.3, -0.25) is 9.78 Å². The first kappa shape index (κ1) is 12.9. The van der Waals surface area contributed by atoms with E-state index in [0.717, 1.165) is 5.69 Å². The van der Waals surface area contributed by atoms with Crippen LogP contribution in [0.5, 0.6) is 0 Å². The van der Waals surface area contributed by atoms with Gasteiger partial charge in [-0.2, -0.15) is 0 Å². The number of hydrogen-bond acceptors (Lipinski definition) is 2. The minimum absolute atomic E-state index is 0.223. The number of carbonyl (C=O) groups excluding carboxylic acids is 1. The third-order valence-corrected chi connectivity index (χ3v) is 2.72. The van der Waals surface area contributed by atoms with Gasteiger partial charge >= 0.3 is 0 Å². The van der Waals surface area contributed by atoms with Crippen molar-refractivity contribution < 1.29 is 4.79 Å². The Morgan fingerprint density at radius 2 is 1.83 bits per heavy atom. The number of halogens is 2. The number of nitrogens with one attached hydrogen (secondary N) is 1. The number of pyridine rings is 1. The molecule has 3 nitrogen and oxygen atoms in total. The quantitative estimate of drug-likeness (QED) is 0.905. The minimum atomic E-state index is -0.223. The zero-order chi connectivity index (χ0) is 13.1. The molecule has 0 fully saturated rings. The van der Waals surface area contributed by atoms with Gasteiger partial charge in [0.05, 0.1) is 0 Å². The lowest BCUT2D eigenvalue weighted by molar-refractivity contribution is 0.102. The molecule has 1 aromatic heterocycles. The Bertz CT molecular complexity index is 579. The first-order valence-corrected chi connectivity index (χ1v) is 6.00. The summed E-state index contributed by atoms with van der Waals surface area (Å²) in [7, 11) is 0. The van der Waals surface area contributed by atoms with Crippen molar-refractivity contribution in [2.45, 2.75) is 6.92 Å². The second kappa shape index (κ2) is 5.38. The summed E-state index contributed by atoms with van der Waals surface area (Å²) >= 11 is 11.7. The second-order valence-corrected chi connectivity index (χ2v) is 4.67. The number of rotatable bonds is 2. The van der Waals surface area contributed by atoms with Gasteiger partial charge in [-0.1, -0.05) is 23.2 Å². The number of aryl methyl sites for hydroxylation is 1. The zero-order valence-corrected chi connectivity index (χ0v) is 11.1. The van der Waals surface area contributed by atoms with Crippen LogP contribution in [0, 0.1) is 6.92 Å². The molecule has 0 bridgehead atoms. The molecular formula is C13H10Cl2N2O. The molecule has 0 radical (unpaired) electrons. The molecule has 0 atom stereocenters. The van der Waals surface area contributed by atoms with Gasteiger partial charge in [0.2, 0.25) is 0 Å². The van der Waals surface area contributed by atoms with E-state index in [0.29, 0.717) is 21.3 Å². The topological polar surface area (TPSA) is 42.0 Å². The van der Waals surface area contributed by atoms with E-state index < -0.39 is 0 Å². The Morgan fingerprint density at radius 3 is 2.44 bits per heavy atom. The molecule has 2 aromatic rings. The first-order chi connectivity index (χ1) is 8.54. The Hall–Kier alpha value is -1.58. The highest BCUT2D eigenvalue weighted by molar-refractivity contribution is 6.35. The van der Waals surface area contributed by atoms with Crippen LogP contribution in [0.3, 0.4) is 0 Å². The summed E-state index contributed by atoms with van der Waals surface area (Å²) in [6.07, 6.45) is 1.59. The van der Waals surface area contributed by atoms with Crippen LogP contribution in [0.15, 0.2) is 36.5 Å². The van der Waals surface area contributed by atoms with Crippen LogP contribution in [0.2, 0.25) is 10.0 Å². The molecule has 1 heterocycles. The van der Waals surface area contributed by atoms with Gasteiger partial charge in [-0.15, -0.1) is 0 Å². The molecule has 0 aliphatic carbocycles. The molecule has 1 N–H and O–H groups in total. The fraction of sp³-hybridized carbons (Fsp3) is 0.0769. The van der Waals surface area contributed by atoms with Crippen LogP contribution in [-0.4, -0.2) is 10.9 Å². The van der Waals surface area contributed by atoms with Gasteiger partial charge in [0.15, 0.2) is 0 Å². The van der Waals surface area contributed by atoms with Crippen molar-refractivity contribution in [1.29, 1.82) is 0 Å². The molecular weight excluding hydrogens is 271 g/mol. The number of hydrogen-bond donors (Lipinski definition) is 1. The highest BCUT2D eigenvalue weighted by Crippen LogP contribution is 2.22. The maximum atomic E-state index is 12.0. The van der Waals surface area contributed by atoms with Crippen molar-refractivity contribution >= 4 is 34.8 Å². The number of carbonyl (C=O) groups is 1. The van der Waals surface area contributed by atoms with Crippen LogP contribution in [0.4, 0.5) is 5.69 Å². The number of anilines is 1. The molecule has 18 heavy (non-hydrogen) atoms.